The maximum Gasteiger partial charge on any atom is 0.289 e. The number of sulfonamides is 1. The zero-order valence-electron chi connectivity index (χ0n) is 12.9. The third-order valence-corrected chi connectivity index (χ3v) is 5.44. The highest BCUT2D eigenvalue weighted by Crippen LogP contribution is 2.26. The van der Waals surface area contributed by atoms with E-state index in [4.69, 9.17) is 0 Å². The SMILES string of the molecule is O=[N+]([O-])c1ccccc1S(=O)(=O)NCc1cccc2c1CCCN2. The highest BCUT2D eigenvalue weighted by atomic mass is 32.2. The zero-order chi connectivity index (χ0) is 17.2. The fourth-order valence-corrected chi connectivity index (χ4v) is 4.01. The molecule has 2 aromatic rings. The Morgan fingerprint density at radius 2 is 1.96 bits per heavy atom. The van der Waals surface area contributed by atoms with Crippen molar-refractivity contribution < 1.29 is 13.3 Å². The lowest BCUT2D eigenvalue weighted by atomic mass is 9.98. The van der Waals surface area contributed by atoms with Gasteiger partial charge in [-0.3, -0.25) is 10.1 Å². The number of nitrogens with zero attached hydrogens (tertiary/aromatic N) is 1. The summed E-state index contributed by atoms with van der Waals surface area (Å²) in [7, 11) is -3.97. The number of fused-ring (bicyclic) bond motifs is 1. The van der Waals surface area contributed by atoms with Crippen LogP contribution in [-0.4, -0.2) is 19.9 Å². The molecule has 2 N–H and O–H groups in total. The van der Waals surface area contributed by atoms with E-state index in [-0.39, 0.29) is 11.4 Å². The Kier molecular flexibility index (Phi) is 4.50. The second kappa shape index (κ2) is 6.58. The molecule has 7 nitrogen and oxygen atoms in total. The van der Waals surface area contributed by atoms with Crippen LogP contribution in [0.3, 0.4) is 0 Å². The molecule has 0 atom stereocenters. The number of benzene rings is 2. The minimum Gasteiger partial charge on any atom is -0.385 e. The number of anilines is 1. The van der Waals surface area contributed by atoms with Crippen molar-refractivity contribution in [2.75, 3.05) is 11.9 Å². The summed E-state index contributed by atoms with van der Waals surface area (Å²) in [5.74, 6) is 0. The molecule has 2 aromatic carbocycles. The first-order valence-electron chi connectivity index (χ1n) is 7.57. The van der Waals surface area contributed by atoms with Gasteiger partial charge in [-0.25, -0.2) is 13.1 Å². The fraction of sp³-hybridized carbons (Fsp3) is 0.250. The van der Waals surface area contributed by atoms with Crippen molar-refractivity contribution in [2.24, 2.45) is 0 Å². The van der Waals surface area contributed by atoms with Crippen molar-refractivity contribution in [2.45, 2.75) is 24.3 Å². The van der Waals surface area contributed by atoms with Gasteiger partial charge in [-0.05, 0) is 36.1 Å². The van der Waals surface area contributed by atoms with Gasteiger partial charge in [0.1, 0.15) is 0 Å². The maximum absolute atomic E-state index is 12.5. The van der Waals surface area contributed by atoms with Crippen LogP contribution in [0.4, 0.5) is 11.4 Å². The van der Waals surface area contributed by atoms with Crippen molar-refractivity contribution >= 4 is 21.4 Å². The molecule has 8 heteroatoms. The van der Waals surface area contributed by atoms with E-state index >= 15 is 0 Å². The van der Waals surface area contributed by atoms with Gasteiger partial charge in [0.25, 0.3) is 5.69 Å². The quantitative estimate of drug-likeness (QED) is 0.639. The topological polar surface area (TPSA) is 101 Å². The Morgan fingerprint density at radius 1 is 1.17 bits per heavy atom. The lowest BCUT2D eigenvalue weighted by molar-refractivity contribution is -0.387. The Labute approximate surface area is 139 Å². The van der Waals surface area contributed by atoms with Gasteiger partial charge in [-0.15, -0.1) is 0 Å². The van der Waals surface area contributed by atoms with E-state index in [2.05, 4.69) is 10.0 Å². The van der Waals surface area contributed by atoms with E-state index in [9.17, 15) is 18.5 Å². The summed E-state index contributed by atoms with van der Waals surface area (Å²) >= 11 is 0. The summed E-state index contributed by atoms with van der Waals surface area (Å²) in [6.07, 6.45) is 1.87. The highest BCUT2D eigenvalue weighted by Gasteiger charge is 2.25. The first kappa shape index (κ1) is 16.4. The van der Waals surface area contributed by atoms with Crippen molar-refractivity contribution in [3.8, 4) is 0 Å². The molecule has 0 bridgehead atoms. The minimum absolute atomic E-state index is 0.0965. The Bertz CT molecular complexity index is 881. The minimum atomic E-state index is -3.97. The van der Waals surface area contributed by atoms with Crippen molar-refractivity contribution in [1.29, 1.82) is 0 Å². The van der Waals surface area contributed by atoms with E-state index < -0.39 is 20.6 Å². The van der Waals surface area contributed by atoms with Gasteiger partial charge in [0.15, 0.2) is 4.90 Å². The molecule has 0 aliphatic carbocycles. The molecule has 1 aliphatic rings. The van der Waals surface area contributed by atoms with Crippen molar-refractivity contribution in [3.63, 3.8) is 0 Å². The van der Waals surface area contributed by atoms with Gasteiger partial charge in [-0.1, -0.05) is 24.3 Å². The number of nitrogens with one attached hydrogen (secondary N) is 2. The van der Waals surface area contributed by atoms with Crippen LogP contribution < -0.4 is 10.0 Å². The molecule has 0 aromatic heterocycles. The summed E-state index contributed by atoms with van der Waals surface area (Å²) in [6.45, 7) is 0.998. The Hall–Kier alpha value is -2.45. The largest absolute Gasteiger partial charge is 0.385 e. The standard InChI is InChI=1S/C16H17N3O4S/c20-19(21)15-8-1-2-9-16(15)24(22,23)18-11-12-5-3-7-14-13(12)6-4-10-17-14/h1-3,5,7-9,17-18H,4,6,10-11H2. The molecule has 0 spiro atoms. The maximum atomic E-state index is 12.5. The van der Waals surface area contributed by atoms with E-state index in [1.165, 1.54) is 24.3 Å². The Balaban J connectivity index is 1.86. The van der Waals surface area contributed by atoms with Crippen LogP contribution in [0.5, 0.6) is 0 Å². The summed E-state index contributed by atoms with van der Waals surface area (Å²) < 4.78 is 27.4. The molecule has 0 saturated heterocycles. The molecule has 126 valence electrons. The Morgan fingerprint density at radius 3 is 2.75 bits per heavy atom. The average molecular weight is 347 g/mol. The van der Waals surface area contributed by atoms with Crippen LogP contribution in [0.25, 0.3) is 0 Å². The van der Waals surface area contributed by atoms with E-state index in [0.29, 0.717) is 0 Å². The smallest absolute Gasteiger partial charge is 0.289 e. The molecule has 1 heterocycles. The van der Waals surface area contributed by atoms with Gasteiger partial charge >= 0.3 is 0 Å². The normalized spacial score (nSPS) is 13.8. The van der Waals surface area contributed by atoms with Crippen molar-refractivity contribution in [1.82, 2.24) is 4.72 Å². The van der Waals surface area contributed by atoms with Crippen molar-refractivity contribution in [3.05, 3.63) is 63.7 Å². The summed E-state index contributed by atoms with van der Waals surface area (Å²) in [5, 5.41) is 14.3. The van der Waals surface area contributed by atoms with E-state index in [1.807, 2.05) is 18.2 Å². The summed E-state index contributed by atoms with van der Waals surface area (Å²) in [4.78, 5) is 10.0. The summed E-state index contributed by atoms with van der Waals surface area (Å²) in [6, 6.07) is 11.0. The number of hydrogen-bond acceptors (Lipinski definition) is 5. The van der Waals surface area contributed by atoms with Gasteiger partial charge < -0.3 is 5.32 Å². The first-order valence-corrected chi connectivity index (χ1v) is 9.05. The molecule has 0 radical (unpaired) electrons. The van der Waals surface area contributed by atoms with Crippen LogP contribution in [0.2, 0.25) is 0 Å². The molecule has 24 heavy (non-hydrogen) atoms. The van der Waals surface area contributed by atoms with Crippen LogP contribution in [0, 0.1) is 10.1 Å². The van der Waals surface area contributed by atoms with Crippen LogP contribution in [0.1, 0.15) is 17.5 Å². The van der Waals surface area contributed by atoms with E-state index in [0.717, 1.165) is 36.2 Å². The third kappa shape index (κ3) is 3.24. The monoisotopic (exact) mass is 347 g/mol. The van der Waals surface area contributed by atoms with Gasteiger partial charge in [-0.2, -0.15) is 0 Å². The molecule has 1 aliphatic heterocycles. The van der Waals surface area contributed by atoms with Gasteiger partial charge in [0.2, 0.25) is 10.0 Å². The lowest BCUT2D eigenvalue weighted by Gasteiger charge is -2.21. The number of hydrogen-bond donors (Lipinski definition) is 2. The number of rotatable bonds is 5. The molecule has 3 rings (SSSR count). The molecule has 0 saturated carbocycles. The molecule has 0 fully saturated rings. The van der Waals surface area contributed by atoms with Gasteiger partial charge in [0.05, 0.1) is 4.92 Å². The van der Waals surface area contributed by atoms with Crippen LogP contribution in [-0.2, 0) is 23.0 Å². The number of nitro groups is 1. The second-order valence-electron chi connectivity index (χ2n) is 5.52. The highest BCUT2D eigenvalue weighted by molar-refractivity contribution is 7.89. The number of para-hydroxylation sites is 1. The fourth-order valence-electron chi connectivity index (χ4n) is 2.84. The molecule has 0 unspecified atom stereocenters. The average Bonchev–Trinajstić information content (AvgIpc) is 2.60. The zero-order valence-corrected chi connectivity index (χ0v) is 13.7. The predicted molar refractivity (Wildman–Crippen MR) is 90.4 cm³/mol. The molecular weight excluding hydrogens is 330 g/mol. The summed E-state index contributed by atoms with van der Waals surface area (Å²) in [5.41, 5.74) is 2.56. The van der Waals surface area contributed by atoms with Crippen LogP contribution >= 0.6 is 0 Å². The second-order valence-corrected chi connectivity index (χ2v) is 7.26. The lowest BCUT2D eigenvalue weighted by Crippen LogP contribution is -2.25. The molecule has 0 amide bonds. The first-order chi connectivity index (χ1) is 11.5. The molecular formula is C16H17N3O4S. The van der Waals surface area contributed by atoms with E-state index in [1.54, 1.807) is 0 Å². The van der Waals surface area contributed by atoms with Crippen LogP contribution in [0.15, 0.2) is 47.4 Å². The number of nitro benzene ring substituents is 1. The van der Waals surface area contributed by atoms with Gasteiger partial charge in [0, 0.05) is 24.8 Å². The predicted octanol–water partition coefficient (Wildman–Crippen LogP) is 2.43. The third-order valence-electron chi connectivity index (χ3n) is 4.00.